The van der Waals surface area contributed by atoms with Gasteiger partial charge in [-0.15, -0.1) is 0 Å². The van der Waals surface area contributed by atoms with Gasteiger partial charge in [-0.2, -0.15) is 0 Å². The molecular weight excluding hydrogens is 317 g/mol. The van der Waals surface area contributed by atoms with E-state index in [1.807, 2.05) is 41.8 Å². The number of hydrogen-bond acceptors (Lipinski definition) is 2. The monoisotopic (exact) mass is 337 g/mol. The van der Waals surface area contributed by atoms with Crippen LogP contribution in [0.1, 0.15) is 24.9 Å². The van der Waals surface area contributed by atoms with Gasteiger partial charge in [0.05, 0.1) is 6.04 Å². The minimum absolute atomic E-state index is 0.105. The third-order valence-electron chi connectivity index (χ3n) is 4.08. The highest BCUT2D eigenvalue weighted by molar-refractivity contribution is 5.77. The summed E-state index contributed by atoms with van der Waals surface area (Å²) in [6.07, 6.45) is 4.21. The number of nitrogens with zero attached hydrogens (tertiary/aromatic N) is 2. The molecule has 0 spiro atoms. The normalized spacial score (nSPS) is 11.9. The first kappa shape index (κ1) is 16.9. The summed E-state index contributed by atoms with van der Waals surface area (Å²) in [5.74, 6) is 0.368. The third kappa shape index (κ3) is 4.12. The van der Waals surface area contributed by atoms with Crippen molar-refractivity contribution in [1.29, 1.82) is 0 Å². The van der Waals surface area contributed by atoms with Gasteiger partial charge in [0.15, 0.2) is 0 Å². The molecule has 25 heavy (non-hydrogen) atoms. The number of nitrogens with one attached hydrogen (secondary N) is 1. The molecule has 1 heterocycles. The molecular formula is C20H20FN3O. The number of amides is 1. The zero-order valence-corrected chi connectivity index (χ0v) is 14.0. The topological polar surface area (TPSA) is 46.9 Å². The van der Waals surface area contributed by atoms with E-state index in [1.54, 1.807) is 24.5 Å². The molecule has 1 N–H and O–H groups in total. The molecule has 0 bridgehead atoms. The van der Waals surface area contributed by atoms with Crippen molar-refractivity contribution in [3.8, 4) is 11.4 Å². The molecule has 1 atom stereocenters. The minimum Gasteiger partial charge on any atom is -0.348 e. The highest BCUT2D eigenvalue weighted by atomic mass is 19.1. The van der Waals surface area contributed by atoms with Crippen molar-refractivity contribution in [3.63, 3.8) is 0 Å². The van der Waals surface area contributed by atoms with Crippen LogP contribution in [0, 0.1) is 5.82 Å². The number of halogens is 1. The lowest BCUT2D eigenvalue weighted by molar-refractivity contribution is -0.122. The molecule has 0 radical (unpaired) electrons. The Labute approximate surface area is 146 Å². The van der Waals surface area contributed by atoms with E-state index in [9.17, 15) is 9.18 Å². The van der Waals surface area contributed by atoms with Crippen LogP contribution in [0.5, 0.6) is 0 Å². The van der Waals surface area contributed by atoms with Gasteiger partial charge in [-0.05, 0) is 24.1 Å². The molecule has 0 aliphatic carbocycles. The van der Waals surface area contributed by atoms with Crippen molar-refractivity contribution in [2.45, 2.75) is 25.9 Å². The molecule has 4 nitrogen and oxygen atoms in total. The molecule has 5 heteroatoms. The second-order valence-electron chi connectivity index (χ2n) is 5.82. The molecule has 0 saturated heterocycles. The SMILES string of the molecule is CCC(NC(=O)Cn1ccnc1-c1ccccc1)c1ccc(F)cc1. The number of hydrogen-bond donors (Lipinski definition) is 1. The van der Waals surface area contributed by atoms with Crippen LogP contribution >= 0.6 is 0 Å². The summed E-state index contributed by atoms with van der Waals surface area (Å²) in [6.45, 7) is 2.17. The fourth-order valence-corrected chi connectivity index (χ4v) is 2.80. The van der Waals surface area contributed by atoms with Crippen molar-refractivity contribution in [1.82, 2.24) is 14.9 Å². The van der Waals surface area contributed by atoms with E-state index in [-0.39, 0.29) is 24.3 Å². The highest BCUT2D eigenvalue weighted by Crippen LogP contribution is 2.19. The standard InChI is InChI=1S/C20H20FN3O/c1-2-18(15-8-10-17(21)11-9-15)23-19(25)14-24-13-12-22-20(24)16-6-4-3-5-7-16/h3-13,18H,2,14H2,1H3,(H,23,25). The second-order valence-corrected chi connectivity index (χ2v) is 5.82. The number of benzene rings is 2. The first-order chi connectivity index (χ1) is 12.2. The summed E-state index contributed by atoms with van der Waals surface area (Å²) in [4.78, 5) is 16.8. The Kier molecular flexibility index (Phi) is 5.23. The van der Waals surface area contributed by atoms with Gasteiger partial charge in [-0.3, -0.25) is 4.79 Å². The van der Waals surface area contributed by atoms with Gasteiger partial charge in [-0.1, -0.05) is 49.4 Å². The summed E-state index contributed by atoms with van der Waals surface area (Å²) < 4.78 is 14.9. The van der Waals surface area contributed by atoms with Gasteiger partial charge >= 0.3 is 0 Å². The molecule has 1 unspecified atom stereocenters. The minimum atomic E-state index is -0.282. The van der Waals surface area contributed by atoms with E-state index in [0.717, 1.165) is 23.4 Å². The zero-order valence-electron chi connectivity index (χ0n) is 14.0. The van der Waals surface area contributed by atoms with Crippen LogP contribution in [-0.4, -0.2) is 15.5 Å². The van der Waals surface area contributed by atoms with E-state index in [4.69, 9.17) is 0 Å². The Bertz CT molecular complexity index is 828. The maximum atomic E-state index is 13.1. The van der Waals surface area contributed by atoms with Crippen LogP contribution in [0.25, 0.3) is 11.4 Å². The predicted octanol–water partition coefficient (Wildman–Crippen LogP) is 3.96. The molecule has 3 rings (SSSR count). The van der Waals surface area contributed by atoms with E-state index >= 15 is 0 Å². The Morgan fingerprint density at radius 1 is 1.16 bits per heavy atom. The van der Waals surface area contributed by atoms with E-state index in [1.165, 1.54) is 12.1 Å². The first-order valence-electron chi connectivity index (χ1n) is 8.28. The van der Waals surface area contributed by atoms with Crippen molar-refractivity contribution < 1.29 is 9.18 Å². The smallest absolute Gasteiger partial charge is 0.240 e. The van der Waals surface area contributed by atoms with Crippen LogP contribution in [0.4, 0.5) is 4.39 Å². The Morgan fingerprint density at radius 3 is 2.56 bits per heavy atom. The molecule has 0 aliphatic heterocycles. The molecule has 0 aliphatic rings. The van der Waals surface area contributed by atoms with Crippen LogP contribution < -0.4 is 5.32 Å². The fraction of sp³-hybridized carbons (Fsp3) is 0.200. The van der Waals surface area contributed by atoms with Gasteiger partial charge in [0.25, 0.3) is 0 Å². The third-order valence-corrected chi connectivity index (χ3v) is 4.08. The van der Waals surface area contributed by atoms with E-state index in [0.29, 0.717) is 0 Å². The number of imidazole rings is 1. The molecule has 1 amide bonds. The number of rotatable bonds is 6. The summed E-state index contributed by atoms with van der Waals surface area (Å²) >= 11 is 0. The van der Waals surface area contributed by atoms with Gasteiger partial charge < -0.3 is 9.88 Å². The largest absolute Gasteiger partial charge is 0.348 e. The van der Waals surface area contributed by atoms with Crippen molar-refractivity contribution in [2.24, 2.45) is 0 Å². The molecule has 3 aromatic rings. The van der Waals surface area contributed by atoms with Crippen molar-refractivity contribution in [2.75, 3.05) is 0 Å². The average molecular weight is 337 g/mol. The van der Waals surface area contributed by atoms with Gasteiger partial charge in [0.2, 0.25) is 5.91 Å². The Balaban J connectivity index is 1.70. The average Bonchev–Trinajstić information content (AvgIpc) is 3.09. The van der Waals surface area contributed by atoms with Gasteiger partial charge in [-0.25, -0.2) is 9.37 Å². The Morgan fingerprint density at radius 2 is 1.88 bits per heavy atom. The van der Waals surface area contributed by atoms with Crippen molar-refractivity contribution in [3.05, 3.63) is 78.4 Å². The van der Waals surface area contributed by atoms with Gasteiger partial charge in [0, 0.05) is 18.0 Å². The summed E-state index contributed by atoms with van der Waals surface area (Å²) in [7, 11) is 0. The number of carbonyl (C=O) groups excluding carboxylic acids is 1. The van der Waals surface area contributed by atoms with Gasteiger partial charge in [0.1, 0.15) is 18.2 Å². The molecule has 0 saturated carbocycles. The number of carbonyl (C=O) groups is 1. The summed E-state index contributed by atoms with van der Waals surface area (Å²) in [5, 5.41) is 3.01. The zero-order chi connectivity index (χ0) is 17.6. The molecule has 2 aromatic carbocycles. The molecule has 128 valence electrons. The highest BCUT2D eigenvalue weighted by Gasteiger charge is 2.15. The van der Waals surface area contributed by atoms with Crippen molar-refractivity contribution >= 4 is 5.91 Å². The molecule has 0 fully saturated rings. The maximum absolute atomic E-state index is 13.1. The first-order valence-corrected chi connectivity index (χ1v) is 8.28. The van der Waals surface area contributed by atoms with E-state index in [2.05, 4.69) is 10.3 Å². The lowest BCUT2D eigenvalue weighted by Crippen LogP contribution is -2.31. The maximum Gasteiger partial charge on any atom is 0.240 e. The quantitative estimate of drug-likeness (QED) is 0.740. The Hall–Kier alpha value is -2.95. The van der Waals surface area contributed by atoms with Crippen LogP contribution in [0.3, 0.4) is 0 Å². The second kappa shape index (κ2) is 7.75. The predicted molar refractivity (Wildman–Crippen MR) is 95.2 cm³/mol. The van der Waals surface area contributed by atoms with Crippen LogP contribution in [0.15, 0.2) is 67.0 Å². The molecule has 1 aromatic heterocycles. The lowest BCUT2D eigenvalue weighted by Gasteiger charge is -2.18. The summed E-state index contributed by atoms with van der Waals surface area (Å²) in [5.41, 5.74) is 1.86. The lowest BCUT2D eigenvalue weighted by atomic mass is 10.0. The number of aromatic nitrogens is 2. The van der Waals surface area contributed by atoms with Crippen LogP contribution in [-0.2, 0) is 11.3 Å². The summed E-state index contributed by atoms with van der Waals surface area (Å²) in [6, 6.07) is 15.8. The fourth-order valence-electron chi connectivity index (χ4n) is 2.80. The van der Waals surface area contributed by atoms with E-state index < -0.39 is 0 Å². The van der Waals surface area contributed by atoms with Crippen LogP contribution in [0.2, 0.25) is 0 Å².